The summed E-state index contributed by atoms with van der Waals surface area (Å²) >= 11 is 0. The number of aromatic amines is 1. The Hall–Kier alpha value is -1.64. The third kappa shape index (κ3) is 1.12. The monoisotopic (exact) mass is 144 g/mol. The van der Waals surface area contributed by atoms with Gasteiger partial charge in [-0.3, -0.25) is 10.1 Å². The first-order valence-electron chi connectivity index (χ1n) is 3.27. The van der Waals surface area contributed by atoms with Gasteiger partial charge < -0.3 is 0 Å². The average molecular weight is 144 g/mol. The molecule has 0 bridgehead atoms. The maximum absolute atomic E-state index is 3.94. The van der Waals surface area contributed by atoms with Crippen LogP contribution in [0, 0.1) is 6.07 Å². The van der Waals surface area contributed by atoms with E-state index >= 15 is 0 Å². The number of nitrogens with one attached hydrogen (secondary N) is 1. The van der Waals surface area contributed by atoms with Crippen molar-refractivity contribution in [2.75, 3.05) is 0 Å². The minimum atomic E-state index is 1.03. The van der Waals surface area contributed by atoms with Crippen LogP contribution in [0.15, 0.2) is 30.9 Å². The fourth-order valence-electron chi connectivity index (χ4n) is 0.892. The SMILES string of the molecule is [c]1cncc(-c2cn[nH]c2)c1. The van der Waals surface area contributed by atoms with Gasteiger partial charge in [0.1, 0.15) is 0 Å². The van der Waals surface area contributed by atoms with Crippen LogP contribution in [0.1, 0.15) is 0 Å². The maximum Gasteiger partial charge on any atom is 0.0566 e. The smallest absolute Gasteiger partial charge is 0.0566 e. The van der Waals surface area contributed by atoms with Crippen LogP contribution in [0.4, 0.5) is 0 Å². The molecule has 0 aromatic carbocycles. The molecule has 0 aliphatic heterocycles. The standard InChI is InChI=1S/C8H6N3/c1-2-7(4-9-3-1)8-5-10-11-6-8/h2-6H,(H,10,11). The molecular formula is C8H6N3. The Morgan fingerprint density at radius 2 is 2.27 bits per heavy atom. The Labute approximate surface area is 64.1 Å². The van der Waals surface area contributed by atoms with E-state index in [4.69, 9.17) is 0 Å². The third-order valence-corrected chi connectivity index (χ3v) is 1.43. The van der Waals surface area contributed by atoms with Crippen LogP contribution in [0.2, 0.25) is 0 Å². The summed E-state index contributed by atoms with van der Waals surface area (Å²) in [6.45, 7) is 0. The molecule has 3 nitrogen and oxygen atoms in total. The fraction of sp³-hybridized carbons (Fsp3) is 0. The van der Waals surface area contributed by atoms with Crippen LogP contribution in [0.3, 0.4) is 0 Å². The molecule has 1 N–H and O–H groups in total. The van der Waals surface area contributed by atoms with Gasteiger partial charge in [-0.25, -0.2) is 0 Å². The molecule has 2 aromatic rings. The molecule has 3 heteroatoms. The highest BCUT2D eigenvalue weighted by Crippen LogP contribution is 2.13. The molecule has 0 aliphatic rings. The predicted octanol–water partition coefficient (Wildman–Crippen LogP) is 1.27. The molecule has 53 valence electrons. The first-order chi connectivity index (χ1) is 5.47. The van der Waals surface area contributed by atoms with Crippen LogP contribution in [0.25, 0.3) is 11.1 Å². The molecule has 0 aliphatic carbocycles. The fourth-order valence-corrected chi connectivity index (χ4v) is 0.892. The lowest BCUT2D eigenvalue weighted by Gasteiger charge is -1.91. The Bertz CT molecular complexity index is 312. The van der Waals surface area contributed by atoms with Crippen molar-refractivity contribution in [3.63, 3.8) is 0 Å². The van der Waals surface area contributed by atoms with Gasteiger partial charge in [-0.15, -0.1) is 0 Å². The van der Waals surface area contributed by atoms with E-state index in [1.165, 1.54) is 0 Å². The molecule has 2 rings (SSSR count). The number of hydrogen-bond acceptors (Lipinski definition) is 2. The zero-order chi connectivity index (χ0) is 7.52. The van der Waals surface area contributed by atoms with Crippen LogP contribution in [-0.4, -0.2) is 15.2 Å². The molecule has 0 amide bonds. The molecule has 0 saturated carbocycles. The van der Waals surface area contributed by atoms with Crippen molar-refractivity contribution in [1.29, 1.82) is 0 Å². The van der Waals surface area contributed by atoms with E-state index < -0.39 is 0 Å². The van der Waals surface area contributed by atoms with Crippen molar-refractivity contribution in [1.82, 2.24) is 15.2 Å². The number of H-pyrrole nitrogens is 1. The lowest BCUT2D eigenvalue weighted by atomic mass is 10.2. The lowest BCUT2D eigenvalue weighted by molar-refractivity contribution is 1.09. The van der Waals surface area contributed by atoms with Crippen LogP contribution >= 0.6 is 0 Å². The molecular weight excluding hydrogens is 138 g/mol. The summed E-state index contributed by atoms with van der Waals surface area (Å²) in [7, 11) is 0. The number of rotatable bonds is 1. The van der Waals surface area contributed by atoms with Crippen molar-refractivity contribution in [2.45, 2.75) is 0 Å². The van der Waals surface area contributed by atoms with Gasteiger partial charge in [0, 0.05) is 35.8 Å². The van der Waals surface area contributed by atoms with E-state index in [-0.39, 0.29) is 0 Å². The maximum atomic E-state index is 3.94. The van der Waals surface area contributed by atoms with Gasteiger partial charge in [0.2, 0.25) is 0 Å². The molecule has 1 radical (unpaired) electrons. The highest BCUT2D eigenvalue weighted by atomic mass is 15.1. The first-order valence-corrected chi connectivity index (χ1v) is 3.27. The zero-order valence-corrected chi connectivity index (χ0v) is 5.78. The first kappa shape index (κ1) is 6.09. The van der Waals surface area contributed by atoms with Gasteiger partial charge in [-0.2, -0.15) is 5.10 Å². The quantitative estimate of drug-likeness (QED) is 0.654. The van der Waals surface area contributed by atoms with Gasteiger partial charge in [0.25, 0.3) is 0 Å². The van der Waals surface area contributed by atoms with Crippen molar-refractivity contribution in [3.05, 3.63) is 36.9 Å². The van der Waals surface area contributed by atoms with Gasteiger partial charge in [-0.1, -0.05) is 0 Å². The summed E-state index contributed by atoms with van der Waals surface area (Å²) in [5.41, 5.74) is 2.07. The van der Waals surface area contributed by atoms with Gasteiger partial charge >= 0.3 is 0 Å². The molecule has 11 heavy (non-hydrogen) atoms. The highest BCUT2D eigenvalue weighted by molar-refractivity contribution is 5.59. The third-order valence-electron chi connectivity index (χ3n) is 1.43. The number of hydrogen-bond donors (Lipinski definition) is 1. The minimum absolute atomic E-state index is 1.03. The second-order valence-corrected chi connectivity index (χ2v) is 2.16. The van der Waals surface area contributed by atoms with Crippen molar-refractivity contribution < 1.29 is 0 Å². The number of aromatic nitrogens is 3. The predicted molar refractivity (Wildman–Crippen MR) is 40.7 cm³/mol. The van der Waals surface area contributed by atoms with Crippen molar-refractivity contribution in [2.24, 2.45) is 0 Å². The van der Waals surface area contributed by atoms with E-state index in [1.807, 2.05) is 12.3 Å². The molecule has 0 saturated heterocycles. The van der Waals surface area contributed by atoms with E-state index in [0.29, 0.717) is 0 Å². The summed E-state index contributed by atoms with van der Waals surface area (Å²) in [6, 6.07) is 4.77. The number of nitrogens with zero attached hydrogens (tertiary/aromatic N) is 2. The Morgan fingerprint density at radius 3 is 2.91 bits per heavy atom. The molecule has 0 spiro atoms. The molecule has 2 heterocycles. The largest absolute Gasteiger partial charge is 0.285 e. The molecule has 0 unspecified atom stereocenters. The summed E-state index contributed by atoms with van der Waals surface area (Å²) in [4.78, 5) is 3.94. The van der Waals surface area contributed by atoms with Crippen molar-refractivity contribution >= 4 is 0 Å². The van der Waals surface area contributed by atoms with Crippen molar-refractivity contribution in [3.8, 4) is 11.1 Å². The van der Waals surface area contributed by atoms with Gasteiger partial charge in [0.15, 0.2) is 0 Å². The van der Waals surface area contributed by atoms with Crippen LogP contribution in [-0.2, 0) is 0 Å². The number of pyridine rings is 1. The summed E-state index contributed by atoms with van der Waals surface area (Å²) in [5.74, 6) is 0. The van der Waals surface area contributed by atoms with Crippen LogP contribution in [0.5, 0.6) is 0 Å². The van der Waals surface area contributed by atoms with E-state index in [9.17, 15) is 0 Å². The topological polar surface area (TPSA) is 41.6 Å². The summed E-state index contributed by atoms with van der Waals surface area (Å²) in [6.07, 6.45) is 6.99. The van der Waals surface area contributed by atoms with E-state index in [1.54, 1.807) is 18.6 Å². The zero-order valence-electron chi connectivity index (χ0n) is 5.78. The highest BCUT2D eigenvalue weighted by Gasteiger charge is 1.95. The molecule has 0 fully saturated rings. The second kappa shape index (κ2) is 2.54. The van der Waals surface area contributed by atoms with Gasteiger partial charge in [-0.05, 0) is 6.07 Å². The Balaban J connectivity index is 2.46. The van der Waals surface area contributed by atoms with E-state index in [0.717, 1.165) is 11.1 Å². The summed E-state index contributed by atoms with van der Waals surface area (Å²) in [5, 5.41) is 6.57. The Kier molecular flexibility index (Phi) is 1.41. The van der Waals surface area contributed by atoms with Crippen LogP contribution < -0.4 is 0 Å². The Morgan fingerprint density at radius 1 is 1.27 bits per heavy atom. The van der Waals surface area contributed by atoms with E-state index in [2.05, 4.69) is 21.2 Å². The average Bonchev–Trinajstić information content (AvgIpc) is 2.58. The molecule has 2 aromatic heterocycles. The second-order valence-electron chi connectivity index (χ2n) is 2.16. The molecule has 0 atom stereocenters. The summed E-state index contributed by atoms with van der Waals surface area (Å²) < 4.78 is 0. The normalized spacial score (nSPS) is 9.82. The lowest BCUT2D eigenvalue weighted by Crippen LogP contribution is -1.74. The minimum Gasteiger partial charge on any atom is -0.285 e. The van der Waals surface area contributed by atoms with Gasteiger partial charge in [0.05, 0.1) is 6.20 Å².